The second kappa shape index (κ2) is 7.82. The summed E-state index contributed by atoms with van der Waals surface area (Å²) in [4.78, 5) is 48.4. The number of H-pyrrole nitrogens is 1. The molecule has 4 aromatic rings. The van der Waals surface area contributed by atoms with Gasteiger partial charge in [0.05, 0.1) is 11.1 Å². The summed E-state index contributed by atoms with van der Waals surface area (Å²) in [6.45, 7) is 1.68. The van der Waals surface area contributed by atoms with E-state index < -0.39 is 16.9 Å². The first kappa shape index (κ1) is 21.1. The zero-order valence-corrected chi connectivity index (χ0v) is 19.7. The van der Waals surface area contributed by atoms with Crippen molar-refractivity contribution in [2.24, 2.45) is 0 Å². The Morgan fingerprint density at radius 2 is 1.91 bits per heavy atom. The maximum absolute atomic E-state index is 13.4. The molecule has 170 valence electrons. The largest absolute Gasteiger partial charge is 0.452 e. The molecule has 9 heteroatoms. The molecular formula is C25H19N3O4S2. The molecule has 2 aliphatic heterocycles. The Kier molecular flexibility index (Phi) is 4.86. The van der Waals surface area contributed by atoms with E-state index >= 15 is 0 Å². The first-order valence-electron chi connectivity index (χ1n) is 10.9. The normalized spacial score (nSPS) is 19.8. The van der Waals surface area contributed by atoms with Gasteiger partial charge in [0.25, 0.3) is 5.56 Å². The van der Waals surface area contributed by atoms with E-state index in [9.17, 15) is 14.4 Å². The lowest BCUT2D eigenvalue weighted by Gasteiger charge is -2.29. The smallest absolute Gasteiger partial charge is 0.344 e. The molecule has 0 unspecified atom stereocenters. The molecular weight excluding hydrogens is 470 g/mol. The predicted octanol–water partition coefficient (Wildman–Crippen LogP) is 4.88. The van der Waals surface area contributed by atoms with Crippen LogP contribution in [0.2, 0.25) is 0 Å². The van der Waals surface area contributed by atoms with Crippen molar-refractivity contribution in [3.05, 3.63) is 76.2 Å². The highest BCUT2D eigenvalue weighted by Crippen LogP contribution is 2.56. The Morgan fingerprint density at radius 1 is 1.15 bits per heavy atom. The number of esters is 1. The number of amides is 1. The number of fused-ring (bicyclic) bond motifs is 4. The maximum atomic E-state index is 13.4. The Bertz CT molecular complexity index is 1510. The van der Waals surface area contributed by atoms with Crippen LogP contribution in [-0.2, 0) is 14.3 Å². The number of ether oxygens (including phenoxy) is 1. The summed E-state index contributed by atoms with van der Waals surface area (Å²) in [5.41, 5.74) is 2.22. The van der Waals surface area contributed by atoms with Gasteiger partial charge in [-0.15, -0.1) is 11.3 Å². The van der Waals surface area contributed by atoms with E-state index in [1.54, 1.807) is 11.8 Å². The number of anilines is 1. The van der Waals surface area contributed by atoms with E-state index in [4.69, 9.17) is 4.74 Å². The molecule has 2 aromatic carbocycles. The van der Waals surface area contributed by atoms with Crippen LogP contribution in [0.15, 0.2) is 69.7 Å². The van der Waals surface area contributed by atoms with E-state index in [2.05, 4.69) is 9.97 Å². The fraction of sp³-hybridized carbons (Fsp3) is 0.200. The summed E-state index contributed by atoms with van der Waals surface area (Å²) < 4.78 is 5.82. The third-order valence-electron chi connectivity index (χ3n) is 6.21. The van der Waals surface area contributed by atoms with Gasteiger partial charge in [-0.25, -0.2) is 9.78 Å². The number of rotatable bonds is 4. The van der Waals surface area contributed by atoms with Crippen molar-refractivity contribution >= 4 is 50.9 Å². The van der Waals surface area contributed by atoms with Gasteiger partial charge in [0, 0.05) is 28.7 Å². The number of aromatic nitrogens is 2. The second-order valence-electron chi connectivity index (χ2n) is 8.28. The number of carbonyl (C=O) groups excluding carboxylic acids is 2. The number of nitrogens with zero attached hydrogens (tertiary/aromatic N) is 2. The molecule has 2 aromatic heterocycles. The first-order valence-corrected chi connectivity index (χ1v) is 12.6. The van der Waals surface area contributed by atoms with Crippen LogP contribution < -0.4 is 10.5 Å². The van der Waals surface area contributed by atoms with Gasteiger partial charge in [-0.1, -0.05) is 54.2 Å². The molecule has 0 spiro atoms. The zero-order chi connectivity index (χ0) is 23.4. The number of carbonyl (C=O) groups is 2. The Hall–Kier alpha value is -3.43. The summed E-state index contributed by atoms with van der Waals surface area (Å²) in [5.74, 6) is -0.326. The van der Waals surface area contributed by atoms with Gasteiger partial charge in [0.1, 0.15) is 4.83 Å². The summed E-state index contributed by atoms with van der Waals surface area (Å²) in [7, 11) is 0. The van der Waals surface area contributed by atoms with Crippen LogP contribution in [-0.4, -0.2) is 26.7 Å². The highest BCUT2D eigenvalue weighted by atomic mass is 32.2. The van der Waals surface area contributed by atoms with Crippen molar-refractivity contribution in [3.63, 3.8) is 0 Å². The van der Waals surface area contributed by atoms with Crippen molar-refractivity contribution in [1.29, 1.82) is 0 Å². The molecule has 0 radical (unpaired) electrons. The molecule has 2 aliphatic rings. The molecule has 0 aliphatic carbocycles. The average molecular weight is 490 g/mol. The van der Waals surface area contributed by atoms with Gasteiger partial charge >= 0.3 is 5.97 Å². The van der Waals surface area contributed by atoms with Gasteiger partial charge in [-0.05, 0) is 24.6 Å². The lowest BCUT2D eigenvalue weighted by atomic mass is 10.1. The van der Waals surface area contributed by atoms with Crippen LogP contribution >= 0.6 is 23.1 Å². The maximum Gasteiger partial charge on any atom is 0.344 e. The SMILES string of the molecule is C[C@@H](OC(=O)[C@]12CCC(=O)N1c1ccccc1S2)c1nc2scc(-c3ccccc3)c2c(=O)[nH]1. The van der Waals surface area contributed by atoms with Crippen molar-refractivity contribution < 1.29 is 14.3 Å². The Labute approximate surface area is 202 Å². The van der Waals surface area contributed by atoms with Crippen LogP contribution in [0, 0.1) is 0 Å². The molecule has 2 atom stereocenters. The lowest BCUT2D eigenvalue weighted by molar-refractivity contribution is -0.152. The van der Waals surface area contributed by atoms with Crippen molar-refractivity contribution in [3.8, 4) is 11.1 Å². The number of thioether (sulfide) groups is 1. The molecule has 1 amide bonds. The van der Waals surface area contributed by atoms with E-state index in [1.807, 2.05) is 60.0 Å². The van der Waals surface area contributed by atoms with Crippen molar-refractivity contribution in [2.45, 2.75) is 35.6 Å². The number of hydrogen-bond acceptors (Lipinski definition) is 7. The van der Waals surface area contributed by atoms with Crippen LogP contribution in [0.1, 0.15) is 31.7 Å². The van der Waals surface area contributed by atoms with E-state index in [0.717, 1.165) is 21.7 Å². The van der Waals surface area contributed by atoms with E-state index in [0.29, 0.717) is 16.6 Å². The minimum atomic E-state index is -1.12. The van der Waals surface area contributed by atoms with Crippen LogP contribution in [0.5, 0.6) is 0 Å². The van der Waals surface area contributed by atoms with E-state index in [1.165, 1.54) is 23.1 Å². The number of para-hydroxylation sites is 1. The number of hydrogen-bond donors (Lipinski definition) is 1. The number of aromatic amines is 1. The monoisotopic (exact) mass is 489 g/mol. The van der Waals surface area contributed by atoms with Gasteiger partial charge < -0.3 is 9.72 Å². The highest BCUT2D eigenvalue weighted by Gasteiger charge is 2.58. The molecule has 34 heavy (non-hydrogen) atoms. The third kappa shape index (κ3) is 3.11. The summed E-state index contributed by atoms with van der Waals surface area (Å²) in [6.07, 6.45) is -0.142. The van der Waals surface area contributed by atoms with Crippen LogP contribution in [0.4, 0.5) is 5.69 Å². The first-order chi connectivity index (χ1) is 16.5. The standard InChI is InChI=1S/C25H19N3O4S2/c1-14(21-26-22(30)20-16(13-33-23(20)27-21)15-7-3-2-4-8-15)32-24(31)25-12-11-19(29)28(25)17-9-5-6-10-18(17)34-25/h2-10,13-14H,11-12H2,1H3,(H,26,27,30)/t14-,25-/m1/s1. The van der Waals surface area contributed by atoms with Gasteiger partial charge in [0.15, 0.2) is 16.8 Å². The van der Waals surface area contributed by atoms with Crippen LogP contribution in [0.25, 0.3) is 21.3 Å². The van der Waals surface area contributed by atoms with Gasteiger partial charge in [0.2, 0.25) is 5.91 Å². The third-order valence-corrected chi connectivity index (χ3v) is 8.54. The fourth-order valence-electron chi connectivity index (χ4n) is 4.57. The average Bonchev–Trinajstić information content (AvgIpc) is 3.52. The fourth-order valence-corrected chi connectivity index (χ4v) is 6.93. The van der Waals surface area contributed by atoms with Crippen LogP contribution in [0.3, 0.4) is 0 Å². The van der Waals surface area contributed by atoms with Gasteiger partial charge in [-0.3, -0.25) is 14.5 Å². The molecule has 1 fully saturated rings. The summed E-state index contributed by atoms with van der Waals surface area (Å²) >= 11 is 2.73. The molecule has 4 heterocycles. The Balaban J connectivity index is 1.30. The number of benzene rings is 2. The quantitative estimate of drug-likeness (QED) is 0.411. The molecule has 7 nitrogen and oxygen atoms in total. The molecule has 0 bridgehead atoms. The zero-order valence-electron chi connectivity index (χ0n) is 18.1. The number of thiophene rings is 1. The second-order valence-corrected chi connectivity index (χ2v) is 10.5. The van der Waals surface area contributed by atoms with E-state index in [-0.39, 0.29) is 23.7 Å². The molecule has 0 saturated carbocycles. The molecule has 1 saturated heterocycles. The summed E-state index contributed by atoms with van der Waals surface area (Å²) in [5, 5.41) is 2.43. The summed E-state index contributed by atoms with van der Waals surface area (Å²) in [6, 6.07) is 17.1. The van der Waals surface area contributed by atoms with Gasteiger partial charge in [-0.2, -0.15) is 0 Å². The topological polar surface area (TPSA) is 92.4 Å². The lowest BCUT2D eigenvalue weighted by Crippen LogP contribution is -2.48. The number of nitrogens with one attached hydrogen (secondary N) is 1. The molecule has 1 N–H and O–H groups in total. The Morgan fingerprint density at radius 3 is 2.74 bits per heavy atom. The highest BCUT2D eigenvalue weighted by molar-refractivity contribution is 8.02. The molecule has 6 rings (SSSR count). The minimum Gasteiger partial charge on any atom is -0.452 e. The van der Waals surface area contributed by atoms with Crippen molar-refractivity contribution in [2.75, 3.05) is 4.90 Å². The predicted molar refractivity (Wildman–Crippen MR) is 132 cm³/mol. The minimum absolute atomic E-state index is 0.0953. The van der Waals surface area contributed by atoms with Crippen molar-refractivity contribution in [1.82, 2.24) is 9.97 Å².